The zero-order valence-electron chi connectivity index (χ0n) is 8.64. The van der Waals surface area contributed by atoms with Crippen molar-refractivity contribution in [3.63, 3.8) is 0 Å². The van der Waals surface area contributed by atoms with E-state index >= 15 is 0 Å². The van der Waals surface area contributed by atoms with Gasteiger partial charge < -0.3 is 14.3 Å². The molecule has 1 heterocycles. The van der Waals surface area contributed by atoms with Crippen molar-refractivity contribution in [3.8, 4) is 17.1 Å². The number of hydrogen-bond donors (Lipinski definition) is 1. The Labute approximate surface area is 92.1 Å². The van der Waals surface area contributed by atoms with Gasteiger partial charge in [0.25, 0.3) is 0 Å². The zero-order valence-corrected chi connectivity index (χ0v) is 8.64. The van der Waals surface area contributed by atoms with Crippen LogP contribution >= 0.6 is 0 Å². The van der Waals surface area contributed by atoms with Crippen molar-refractivity contribution in [3.05, 3.63) is 42.2 Å². The summed E-state index contributed by atoms with van der Waals surface area (Å²) in [4.78, 5) is 11.2. The summed E-state index contributed by atoms with van der Waals surface area (Å²) in [5.74, 6) is -0.0593. The highest BCUT2D eigenvalue weighted by atomic mass is 16.5. The van der Waals surface area contributed by atoms with Crippen LogP contribution in [0.3, 0.4) is 0 Å². The lowest BCUT2D eigenvalue weighted by Gasteiger charge is -2.04. The number of rotatable bonds is 2. The van der Waals surface area contributed by atoms with Crippen molar-refractivity contribution < 1.29 is 19.1 Å². The molecule has 0 radical (unpaired) electrons. The Morgan fingerprint density at radius 1 is 1.38 bits per heavy atom. The maximum Gasteiger partial charge on any atom is 0.341 e. The number of carbonyl (C=O) groups is 1. The van der Waals surface area contributed by atoms with E-state index in [1.54, 1.807) is 24.5 Å². The molecule has 2 rings (SSSR count). The molecule has 1 aromatic carbocycles. The highest BCUT2D eigenvalue weighted by Gasteiger charge is 2.12. The number of ether oxygens (including phenoxy) is 1. The molecule has 0 fully saturated rings. The van der Waals surface area contributed by atoms with Gasteiger partial charge in [0.05, 0.1) is 13.4 Å². The third kappa shape index (κ3) is 1.77. The number of benzene rings is 1. The largest absolute Gasteiger partial charge is 0.507 e. The van der Waals surface area contributed by atoms with E-state index in [0.717, 1.165) is 0 Å². The fourth-order valence-electron chi connectivity index (χ4n) is 1.41. The van der Waals surface area contributed by atoms with Gasteiger partial charge in [0, 0.05) is 5.56 Å². The molecule has 0 unspecified atom stereocenters. The lowest BCUT2D eigenvalue weighted by molar-refractivity contribution is 0.0597. The minimum Gasteiger partial charge on any atom is -0.507 e. The highest BCUT2D eigenvalue weighted by Crippen LogP contribution is 2.27. The van der Waals surface area contributed by atoms with Crippen LogP contribution in [0.15, 0.2) is 41.0 Å². The number of aromatic hydroxyl groups is 1. The minimum absolute atomic E-state index is 0.124. The molecule has 0 saturated heterocycles. The number of carbonyl (C=O) groups excluding carboxylic acids is 1. The number of methoxy groups -OCH3 is 1. The minimum atomic E-state index is -0.566. The first-order valence-electron chi connectivity index (χ1n) is 4.67. The second-order valence-electron chi connectivity index (χ2n) is 3.20. The Hall–Kier alpha value is -2.23. The fourth-order valence-corrected chi connectivity index (χ4v) is 1.41. The lowest BCUT2D eigenvalue weighted by atomic mass is 10.1. The van der Waals surface area contributed by atoms with Gasteiger partial charge in [0.1, 0.15) is 17.1 Å². The molecular weight excluding hydrogens is 208 g/mol. The molecule has 1 N–H and O–H groups in total. The summed E-state index contributed by atoms with van der Waals surface area (Å²) in [5.41, 5.74) is 0.841. The Bertz CT molecular complexity index is 500. The highest BCUT2D eigenvalue weighted by molar-refractivity contribution is 5.93. The van der Waals surface area contributed by atoms with Crippen LogP contribution < -0.4 is 0 Å². The number of esters is 1. The van der Waals surface area contributed by atoms with Crippen LogP contribution in [0, 0.1) is 0 Å². The van der Waals surface area contributed by atoms with Gasteiger partial charge in [-0.2, -0.15) is 0 Å². The molecule has 82 valence electrons. The average Bonchev–Trinajstić information content (AvgIpc) is 2.81. The molecule has 0 aliphatic heterocycles. The van der Waals surface area contributed by atoms with Crippen molar-refractivity contribution in [1.82, 2.24) is 0 Å². The molecule has 0 saturated carbocycles. The van der Waals surface area contributed by atoms with Gasteiger partial charge in [-0.3, -0.25) is 0 Å². The fraction of sp³-hybridized carbons (Fsp3) is 0.0833. The van der Waals surface area contributed by atoms with Crippen molar-refractivity contribution in [2.75, 3.05) is 7.11 Å². The summed E-state index contributed by atoms with van der Waals surface area (Å²) in [6.07, 6.45) is 1.54. The van der Waals surface area contributed by atoms with E-state index in [1.807, 2.05) is 0 Å². The molecule has 0 amide bonds. The van der Waals surface area contributed by atoms with Gasteiger partial charge in [-0.1, -0.05) is 6.07 Å². The molecule has 0 aliphatic carbocycles. The van der Waals surface area contributed by atoms with E-state index in [1.165, 1.54) is 19.2 Å². The summed E-state index contributed by atoms with van der Waals surface area (Å²) in [6, 6.07) is 8.17. The Kier molecular flexibility index (Phi) is 2.64. The Morgan fingerprint density at radius 2 is 2.19 bits per heavy atom. The van der Waals surface area contributed by atoms with Crippen molar-refractivity contribution in [1.29, 1.82) is 0 Å². The SMILES string of the molecule is COC(=O)c1ccc(-c2ccco2)cc1O. The van der Waals surface area contributed by atoms with Crippen molar-refractivity contribution in [2.24, 2.45) is 0 Å². The first-order valence-corrected chi connectivity index (χ1v) is 4.67. The normalized spacial score (nSPS) is 10.1. The van der Waals surface area contributed by atoms with Crippen LogP contribution in [0.25, 0.3) is 11.3 Å². The van der Waals surface area contributed by atoms with Crippen molar-refractivity contribution >= 4 is 5.97 Å². The first kappa shape index (κ1) is 10.3. The van der Waals surface area contributed by atoms with Crippen LogP contribution in [0.1, 0.15) is 10.4 Å². The predicted molar refractivity (Wildman–Crippen MR) is 57.1 cm³/mol. The second-order valence-corrected chi connectivity index (χ2v) is 3.20. The van der Waals surface area contributed by atoms with Crippen LogP contribution in [-0.2, 0) is 4.74 Å². The van der Waals surface area contributed by atoms with E-state index in [9.17, 15) is 9.90 Å². The topological polar surface area (TPSA) is 59.7 Å². The van der Waals surface area contributed by atoms with Crippen LogP contribution in [0.5, 0.6) is 5.75 Å². The van der Waals surface area contributed by atoms with E-state index in [4.69, 9.17) is 4.42 Å². The quantitative estimate of drug-likeness (QED) is 0.786. The summed E-state index contributed by atoms with van der Waals surface area (Å²) < 4.78 is 9.70. The standard InChI is InChI=1S/C12H10O4/c1-15-12(14)9-5-4-8(7-10(9)13)11-3-2-6-16-11/h2-7,13H,1H3. The first-order chi connectivity index (χ1) is 7.72. The third-order valence-electron chi connectivity index (χ3n) is 2.21. The zero-order chi connectivity index (χ0) is 11.5. The van der Waals surface area contributed by atoms with Gasteiger partial charge in [-0.15, -0.1) is 0 Å². The predicted octanol–water partition coefficient (Wildman–Crippen LogP) is 2.44. The van der Waals surface area contributed by atoms with Gasteiger partial charge >= 0.3 is 5.97 Å². The number of phenolic OH excluding ortho intramolecular Hbond substituents is 1. The van der Waals surface area contributed by atoms with E-state index in [0.29, 0.717) is 11.3 Å². The molecule has 4 nitrogen and oxygen atoms in total. The van der Waals surface area contributed by atoms with Gasteiger partial charge in [-0.05, 0) is 24.3 Å². The Morgan fingerprint density at radius 3 is 2.75 bits per heavy atom. The van der Waals surface area contributed by atoms with Crippen LogP contribution in [-0.4, -0.2) is 18.2 Å². The van der Waals surface area contributed by atoms with Crippen LogP contribution in [0.2, 0.25) is 0 Å². The summed E-state index contributed by atoms with van der Waals surface area (Å²) >= 11 is 0. The van der Waals surface area contributed by atoms with Crippen molar-refractivity contribution in [2.45, 2.75) is 0 Å². The molecule has 4 heteroatoms. The maximum absolute atomic E-state index is 11.2. The van der Waals surface area contributed by atoms with Gasteiger partial charge in [-0.25, -0.2) is 4.79 Å². The Balaban J connectivity index is 2.41. The van der Waals surface area contributed by atoms with E-state index in [-0.39, 0.29) is 11.3 Å². The van der Waals surface area contributed by atoms with Gasteiger partial charge in [0.15, 0.2) is 0 Å². The molecule has 1 aromatic heterocycles. The summed E-state index contributed by atoms with van der Waals surface area (Å²) in [6.45, 7) is 0. The average molecular weight is 218 g/mol. The smallest absolute Gasteiger partial charge is 0.341 e. The second kappa shape index (κ2) is 4.10. The van der Waals surface area contributed by atoms with E-state index in [2.05, 4.69) is 4.74 Å². The molecule has 0 atom stereocenters. The molecule has 2 aromatic rings. The number of phenols is 1. The number of furan rings is 1. The molecule has 0 aliphatic rings. The molecule has 0 bridgehead atoms. The van der Waals surface area contributed by atoms with E-state index < -0.39 is 5.97 Å². The monoisotopic (exact) mass is 218 g/mol. The third-order valence-corrected chi connectivity index (χ3v) is 2.21. The number of hydrogen-bond acceptors (Lipinski definition) is 4. The maximum atomic E-state index is 11.2. The molecular formula is C12H10O4. The summed E-state index contributed by atoms with van der Waals surface area (Å²) in [5, 5.41) is 9.65. The summed E-state index contributed by atoms with van der Waals surface area (Å²) in [7, 11) is 1.27. The van der Waals surface area contributed by atoms with Crippen LogP contribution in [0.4, 0.5) is 0 Å². The molecule has 16 heavy (non-hydrogen) atoms. The van der Waals surface area contributed by atoms with Gasteiger partial charge in [0.2, 0.25) is 0 Å². The molecule has 0 spiro atoms. The lowest BCUT2D eigenvalue weighted by Crippen LogP contribution is -2.01.